The van der Waals surface area contributed by atoms with Crippen LogP contribution in [0.15, 0.2) is 24.5 Å². The Hall–Kier alpha value is -2.41. The molecule has 7 nitrogen and oxygen atoms in total. The largest absolute Gasteiger partial charge is 0.396 e. The fourth-order valence-electron chi connectivity index (χ4n) is 2.07. The van der Waals surface area contributed by atoms with Crippen molar-refractivity contribution in [3.05, 3.63) is 24.5 Å². The quantitative estimate of drug-likeness (QED) is 0.822. The van der Waals surface area contributed by atoms with Crippen LogP contribution in [0.4, 0.5) is 17.5 Å². The van der Waals surface area contributed by atoms with Gasteiger partial charge in [-0.2, -0.15) is 0 Å². The molecule has 3 rings (SSSR count). The van der Waals surface area contributed by atoms with E-state index in [1.54, 1.807) is 18.5 Å². The van der Waals surface area contributed by atoms with Crippen molar-refractivity contribution in [1.82, 2.24) is 15.0 Å². The summed E-state index contributed by atoms with van der Waals surface area (Å²) in [4.78, 5) is 15.0. The lowest BCUT2D eigenvalue weighted by molar-refractivity contribution is 0.122. The molecule has 0 spiro atoms. The van der Waals surface area contributed by atoms with E-state index in [-0.39, 0.29) is 0 Å². The van der Waals surface area contributed by atoms with Gasteiger partial charge in [0.2, 0.25) is 5.95 Å². The third-order valence-electron chi connectivity index (χ3n) is 3.16. The van der Waals surface area contributed by atoms with E-state index in [9.17, 15) is 0 Å². The molecular weight excluding hydrogens is 256 g/mol. The maximum atomic E-state index is 5.96. The molecule has 7 heteroatoms. The van der Waals surface area contributed by atoms with Gasteiger partial charge in [0.15, 0.2) is 0 Å². The van der Waals surface area contributed by atoms with E-state index in [1.807, 2.05) is 6.07 Å². The van der Waals surface area contributed by atoms with Crippen LogP contribution in [-0.4, -0.2) is 41.3 Å². The first kappa shape index (κ1) is 12.6. The number of ether oxygens (including phenoxy) is 1. The first-order chi connectivity index (χ1) is 9.74. The number of nitrogens with two attached hydrogens (primary N) is 2. The highest BCUT2D eigenvalue weighted by Crippen LogP contribution is 2.25. The van der Waals surface area contributed by atoms with Crippen molar-refractivity contribution in [1.29, 1.82) is 0 Å². The normalized spacial score (nSPS) is 15.3. The number of pyridine rings is 1. The molecule has 0 aromatic carbocycles. The van der Waals surface area contributed by atoms with Crippen LogP contribution in [-0.2, 0) is 4.74 Å². The second kappa shape index (κ2) is 5.30. The van der Waals surface area contributed by atoms with Gasteiger partial charge in [0, 0.05) is 24.8 Å². The summed E-state index contributed by atoms with van der Waals surface area (Å²) >= 11 is 0. The third kappa shape index (κ3) is 2.48. The molecule has 1 aliphatic rings. The number of rotatable bonds is 2. The van der Waals surface area contributed by atoms with Gasteiger partial charge in [-0.1, -0.05) is 0 Å². The summed E-state index contributed by atoms with van der Waals surface area (Å²) in [5.74, 6) is 1.13. The Labute approximate surface area is 116 Å². The second-order valence-corrected chi connectivity index (χ2v) is 4.55. The van der Waals surface area contributed by atoms with Crippen molar-refractivity contribution >= 4 is 17.5 Å². The molecule has 0 saturated carbocycles. The third-order valence-corrected chi connectivity index (χ3v) is 3.16. The number of anilines is 3. The lowest BCUT2D eigenvalue weighted by Crippen LogP contribution is -2.37. The maximum Gasteiger partial charge on any atom is 0.226 e. The average Bonchev–Trinajstić information content (AvgIpc) is 2.50. The molecule has 20 heavy (non-hydrogen) atoms. The van der Waals surface area contributed by atoms with Gasteiger partial charge in [0.1, 0.15) is 11.5 Å². The van der Waals surface area contributed by atoms with Gasteiger partial charge in [0.25, 0.3) is 0 Å². The van der Waals surface area contributed by atoms with Crippen LogP contribution in [0.1, 0.15) is 0 Å². The summed E-state index contributed by atoms with van der Waals surface area (Å²) in [6.45, 7) is 2.94. The SMILES string of the molecule is Nc1ccc(-c2nc(N3CCOCC3)ncc2N)cn1. The van der Waals surface area contributed by atoms with Crippen molar-refractivity contribution in [3.63, 3.8) is 0 Å². The minimum atomic E-state index is 0.467. The number of aromatic nitrogens is 3. The Morgan fingerprint density at radius 2 is 1.85 bits per heavy atom. The van der Waals surface area contributed by atoms with Crippen LogP contribution < -0.4 is 16.4 Å². The van der Waals surface area contributed by atoms with E-state index >= 15 is 0 Å². The van der Waals surface area contributed by atoms with Gasteiger partial charge < -0.3 is 21.1 Å². The van der Waals surface area contributed by atoms with E-state index in [4.69, 9.17) is 16.2 Å². The molecule has 0 radical (unpaired) electrons. The molecule has 2 aromatic rings. The van der Waals surface area contributed by atoms with Crippen molar-refractivity contribution in [3.8, 4) is 11.3 Å². The predicted octanol–water partition coefficient (Wildman–Crippen LogP) is 0.540. The average molecular weight is 272 g/mol. The maximum absolute atomic E-state index is 5.96. The molecule has 104 valence electrons. The number of hydrogen-bond acceptors (Lipinski definition) is 7. The van der Waals surface area contributed by atoms with Gasteiger partial charge >= 0.3 is 0 Å². The lowest BCUT2D eigenvalue weighted by atomic mass is 10.2. The van der Waals surface area contributed by atoms with E-state index in [1.165, 1.54) is 0 Å². The molecule has 0 atom stereocenters. The summed E-state index contributed by atoms with van der Waals surface area (Å²) in [6.07, 6.45) is 3.29. The van der Waals surface area contributed by atoms with Crippen molar-refractivity contribution < 1.29 is 4.74 Å². The smallest absolute Gasteiger partial charge is 0.226 e. The van der Waals surface area contributed by atoms with E-state index in [2.05, 4.69) is 19.9 Å². The number of nitrogens with zero attached hydrogens (tertiary/aromatic N) is 4. The van der Waals surface area contributed by atoms with E-state index in [0.717, 1.165) is 18.7 Å². The van der Waals surface area contributed by atoms with Crippen LogP contribution in [0.3, 0.4) is 0 Å². The topological polar surface area (TPSA) is 103 Å². The predicted molar refractivity (Wildman–Crippen MR) is 77.1 cm³/mol. The molecule has 4 N–H and O–H groups in total. The zero-order valence-corrected chi connectivity index (χ0v) is 11.0. The molecule has 1 saturated heterocycles. The van der Waals surface area contributed by atoms with Crippen LogP contribution in [0.2, 0.25) is 0 Å². The van der Waals surface area contributed by atoms with Gasteiger partial charge in [-0.3, -0.25) is 0 Å². The number of hydrogen-bond donors (Lipinski definition) is 2. The fraction of sp³-hybridized carbons (Fsp3) is 0.308. The molecule has 0 amide bonds. The highest BCUT2D eigenvalue weighted by molar-refractivity contribution is 5.72. The zero-order chi connectivity index (χ0) is 13.9. The zero-order valence-electron chi connectivity index (χ0n) is 11.0. The molecular formula is C13H16N6O. The first-order valence-electron chi connectivity index (χ1n) is 6.41. The highest BCUT2D eigenvalue weighted by Gasteiger charge is 2.16. The monoisotopic (exact) mass is 272 g/mol. The van der Waals surface area contributed by atoms with E-state index < -0.39 is 0 Å². The summed E-state index contributed by atoms with van der Waals surface area (Å²) in [5, 5.41) is 0. The fourth-order valence-corrected chi connectivity index (χ4v) is 2.07. The summed E-state index contributed by atoms with van der Waals surface area (Å²) in [7, 11) is 0. The molecule has 2 aromatic heterocycles. The van der Waals surface area contributed by atoms with Crippen LogP contribution in [0.25, 0.3) is 11.3 Å². The first-order valence-corrected chi connectivity index (χ1v) is 6.41. The van der Waals surface area contributed by atoms with Crippen LogP contribution in [0, 0.1) is 0 Å². The summed E-state index contributed by atoms with van der Waals surface area (Å²) in [6, 6.07) is 3.58. The van der Waals surface area contributed by atoms with Crippen molar-refractivity contribution in [2.45, 2.75) is 0 Å². The highest BCUT2D eigenvalue weighted by atomic mass is 16.5. The van der Waals surface area contributed by atoms with Gasteiger partial charge in [-0.25, -0.2) is 15.0 Å². The van der Waals surface area contributed by atoms with Crippen molar-refractivity contribution in [2.24, 2.45) is 0 Å². The van der Waals surface area contributed by atoms with Gasteiger partial charge in [-0.05, 0) is 12.1 Å². The molecule has 1 fully saturated rings. The number of morpholine rings is 1. The number of nitrogen functional groups attached to an aromatic ring is 2. The van der Waals surface area contributed by atoms with Crippen LogP contribution >= 0.6 is 0 Å². The van der Waals surface area contributed by atoms with Crippen molar-refractivity contribution in [2.75, 3.05) is 42.7 Å². The Balaban J connectivity index is 1.95. The molecule has 0 unspecified atom stereocenters. The second-order valence-electron chi connectivity index (χ2n) is 4.55. The standard InChI is InChI=1S/C13H16N6O/c14-10-8-17-13(19-3-5-20-6-4-19)18-12(10)9-1-2-11(15)16-7-9/h1-2,7-8H,3-6,14H2,(H2,15,16). The Morgan fingerprint density at radius 1 is 1.05 bits per heavy atom. The molecule has 3 heterocycles. The minimum absolute atomic E-state index is 0.467. The molecule has 1 aliphatic heterocycles. The minimum Gasteiger partial charge on any atom is -0.396 e. The Morgan fingerprint density at radius 3 is 2.55 bits per heavy atom. The van der Waals surface area contributed by atoms with Gasteiger partial charge in [-0.15, -0.1) is 0 Å². The summed E-state index contributed by atoms with van der Waals surface area (Å²) < 4.78 is 5.33. The van der Waals surface area contributed by atoms with Gasteiger partial charge in [0.05, 0.1) is 25.1 Å². The lowest BCUT2D eigenvalue weighted by Gasteiger charge is -2.27. The Kier molecular flexibility index (Phi) is 3.34. The Bertz CT molecular complexity index is 594. The molecule has 0 bridgehead atoms. The summed E-state index contributed by atoms with van der Waals surface area (Å²) in [5.41, 5.74) is 13.6. The molecule has 0 aliphatic carbocycles. The van der Waals surface area contributed by atoms with Crippen LogP contribution in [0.5, 0.6) is 0 Å². The van der Waals surface area contributed by atoms with E-state index in [0.29, 0.717) is 36.4 Å².